The maximum atomic E-state index is 11.3. The summed E-state index contributed by atoms with van der Waals surface area (Å²) >= 11 is 0. The van der Waals surface area contributed by atoms with E-state index in [0.717, 1.165) is 6.42 Å². The Hall–Kier alpha value is -0.790. The first kappa shape index (κ1) is 11.2. The number of carbonyl (C=O) groups excluding carboxylic acids is 1. The Kier molecular flexibility index (Phi) is 4.64. The van der Waals surface area contributed by atoms with Gasteiger partial charge in [-0.2, -0.15) is 0 Å². The number of carbonyl (C=O) groups is 1. The summed E-state index contributed by atoms with van der Waals surface area (Å²) in [6.45, 7) is 7.39. The normalized spacial score (nSPS) is 13.1. The van der Waals surface area contributed by atoms with Crippen molar-refractivity contribution in [2.24, 2.45) is 5.92 Å². The van der Waals surface area contributed by atoms with Gasteiger partial charge in [0.25, 0.3) is 0 Å². The third-order valence-electron chi connectivity index (χ3n) is 1.83. The van der Waals surface area contributed by atoms with Crippen molar-refractivity contribution in [3.05, 3.63) is 11.3 Å². The van der Waals surface area contributed by atoms with E-state index in [4.69, 9.17) is 0 Å². The smallest absolute Gasteiger partial charge is 0.161 e. The van der Waals surface area contributed by atoms with Crippen molar-refractivity contribution in [2.45, 2.75) is 40.5 Å². The Morgan fingerprint density at radius 2 is 1.92 bits per heavy atom. The summed E-state index contributed by atoms with van der Waals surface area (Å²) in [6.07, 6.45) is 1.37. The summed E-state index contributed by atoms with van der Waals surface area (Å²) in [5.41, 5.74) is 0.520. The van der Waals surface area contributed by atoms with E-state index in [2.05, 4.69) is 0 Å². The summed E-state index contributed by atoms with van der Waals surface area (Å²) in [6, 6.07) is 0. The van der Waals surface area contributed by atoms with E-state index in [-0.39, 0.29) is 17.5 Å². The number of rotatable bonds is 4. The zero-order valence-electron chi connectivity index (χ0n) is 8.35. The summed E-state index contributed by atoms with van der Waals surface area (Å²) in [5.74, 6) is 0.336. The molecule has 0 atom stereocenters. The Morgan fingerprint density at radius 3 is 2.25 bits per heavy atom. The third kappa shape index (κ3) is 3.07. The van der Waals surface area contributed by atoms with Gasteiger partial charge in [0.05, 0.1) is 0 Å². The van der Waals surface area contributed by atoms with Gasteiger partial charge in [-0.1, -0.05) is 20.8 Å². The molecule has 0 amide bonds. The highest BCUT2D eigenvalue weighted by Crippen LogP contribution is 2.13. The van der Waals surface area contributed by atoms with Gasteiger partial charge in [0.1, 0.15) is 5.76 Å². The second-order valence-corrected chi connectivity index (χ2v) is 3.34. The van der Waals surface area contributed by atoms with Crippen molar-refractivity contribution in [3.63, 3.8) is 0 Å². The maximum Gasteiger partial charge on any atom is 0.161 e. The highest BCUT2D eigenvalue weighted by atomic mass is 16.3. The lowest BCUT2D eigenvalue weighted by Crippen LogP contribution is -2.05. The molecule has 12 heavy (non-hydrogen) atoms. The number of Topliss-reactive ketones (excluding diaryl/α,β-unsaturated/α-hetero) is 1. The van der Waals surface area contributed by atoms with Crippen LogP contribution < -0.4 is 0 Å². The molecule has 0 aliphatic carbocycles. The molecule has 0 spiro atoms. The topological polar surface area (TPSA) is 37.3 Å². The van der Waals surface area contributed by atoms with E-state index in [1.54, 1.807) is 6.92 Å². The molecule has 0 rings (SSSR count). The minimum absolute atomic E-state index is 0.0470. The molecule has 0 aliphatic rings. The largest absolute Gasteiger partial charge is 0.512 e. The molecule has 0 aromatic carbocycles. The number of aliphatic hydroxyl groups is 1. The van der Waals surface area contributed by atoms with Crippen LogP contribution in [0.25, 0.3) is 0 Å². The first-order chi connectivity index (χ1) is 5.50. The average molecular weight is 170 g/mol. The van der Waals surface area contributed by atoms with Gasteiger partial charge in [0.15, 0.2) is 5.78 Å². The number of hydrogen-bond donors (Lipinski definition) is 1. The minimum Gasteiger partial charge on any atom is -0.512 e. The molecule has 0 heterocycles. The van der Waals surface area contributed by atoms with Gasteiger partial charge in [0.2, 0.25) is 0 Å². The lowest BCUT2D eigenvalue weighted by atomic mass is 10.0. The first-order valence-corrected chi connectivity index (χ1v) is 4.43. The molecule has 0 radical (unpaired) electrons. The van der Waals surface area contributed by atoms with Crippen molar-refractivity contribution >= 4 is 5.78 Å². The fourth-order valence-electron chi connectivity index (χ4n) is 0.990. The molecule has 0 bridgehead atoms. The number of aliphatic hydroxyl groups excluding tert-OH is 1. The van der Waals surface area contributed by atoms with Crippen LogP contribution in [0.2, 0.25) is 0 Å². The molecular weight excluding hydrogens is 152 g/mol. The Balaban J connectivity index is 4.43. The van der Waals surface area contributed by atoms with Crippen LogP contribution in [0, 0.1) is 5.92 Å². The first-order valence-electron chi connectivity index (χ1n) is 4.43. The molecule has 0 unspecified atom stereocenters. The van der Waals surface area contributed by atoms with Crippen LogP contribution in [0.5, 0.6) is 0 Å². The van der Waals surface area contributed by atoms with Gasteiger partial charge in [-0.25, -0.2) is 0 Å². The van der Waals surface area contributed by atoms with Crippen LogP contribution in [-0.2, 0) is 4.79 Å². The molecule has 0 aliphatic heterocycles. The van der Waals surface area contributed by atoms with Crippen LogP contribution in [0.4, 0.5) is 0 Å². The molecule has 0 saturated heterocycles. The van der Waals surface area contributed by atoms with Crippen LogP contribution in [0.3, 0.4) is 0 Å². The molecular formula is C10H18O2. The zero-order valence-corrected chi connectivity index (χ0v) is 8.35. The van der Waals surface area contributed by atoms with E-state index >= 15 is 0 Å². The Morgan fingerprint density at radius 1 is 1.42 bits per heavy atom. The second-order valence-electron chi connectivity index (χ2n) is 3.34. The molecule has 0 aromatic rings. The van der Waals surface area contributed by atoms with Crippen molar-refractivity contribution in [1.29, 1.82) is 0 Å². The standard InChI is InChI=1S/C10H18O2/c1-5-6-9(11)8(4)10(12)7(2)3/h7,12H,5-6H2,1-4H3/b10-8-. The quantitative estimate of drug-likeness (QED) is 0.520. The van der Waals surface area contributed by atoms with Crippen molar-refractivity contribution in [2.75, 3.05) is 0 Å². The SMILES string of the molecule is CCCC(=O)/C(C)=C(\O)C(C)C. The fourth-order valence-corrected chi connectivity index (χ4v) is 0.990. The molecule has 0 fully saturated rings. The van der Waals surface area contributed by atoms with E-state index in [9.17, 15) is 9.90 Å². The summed E-state index contributed by atoms with van der Waals surface area (Å²) in [5, 5.41) is 9.45. The highest BCUT2D eigenvalue weighted by Gasteiger charge is 2.11. The van der Waals surface area contributed by atoms with E-state index < -0.39 is 0 Å². The molecule has 2 heteroatoms. The highest BCUT2D eigenvalue weighted by molar-refractivity contribution is 5.95. The fraction of sp³-hybridized carbons (Fsp3) is 0.700. The van der Waals surface area contributed by atoms with E-state index in [1.165, 1.54) is 0 Å². The Bertz CT molecular complexity index is 190. The third-order valence-corrected chi connectivity index (χ3v) is 1.83. The summed E-state index contributed by atoms with van der Waals surface area (Å²) in [7, 11) is 0. The predicted molar refractivity (Wildman–Crippen MR) is 50.1 cm³/mol. The van der Waals surface area contributed by atoms with E-state index in [0.29, 0.717) is 12.0 Å². The Labute approximate surface area is 74.3 Å². The molecule has 70 valence electrons. The van der Waals surface area contributed by atoms with Gasteiger partial charge in [0, 0.05) is 17.9 Å². The lowest BCUT2D eigenvalue weighted by molar-refractivity contribution is -0.115. The van der Waals surface area contributed by atoms with Gasteiger partial charge in [-0.3, -0.25) is 4.79 Å². The maximum absolute atomic E-state index is 11.3. The molecule has 0 aromatic heterocycles. The van der Waals surface area contributed by atoms with Crippen molar-refractivity contribution < 1.29 is 9.90 Å². The van der Waals surface area contributed by atoms with Crippen LogP contribution in [0.15, 0.2) is 11.3 Å². The molecule has 2 nitrogen and oxygen atoms in total. The van der Waals surface area contributed by atoms with Crippen molar-refractivity contribution in [1.82, 2.24) is 0 Å². The summed E-state index contributed by atoms with van der Waals surface area (Å²) < 4.78 is 0. The molecule has 0 saturated carbocycles. The van der Waals surface area contributed by atoms with Gasteiger partial charge in [-0.15, -0.1) is 0 Å². The van der Waals surface area contributed by atoms with Crippen LogP contribution >= 0.6 is 0 Å². The second kappa shape index (κ2) is 4.96. The summed E-state index contributed by atoms with van der Waals surface area (Å²) in [4.78, 5) is 11.3. The number of hydrogen-bond acceptors (Lipinski definition) is 2. The van der Waals surface area contributed by atoms with Gasteiger partial charge >= 0.3 is 0 Å². The number of allylic oxidation sites excluding steroid dienone is 2. The lowest BCUT2D eigenvalue weighted by Gasteiger charge is -2.07. The molecule has 1 N–H and O–H groups in total. The van der Waals surface area contributed by atoms with Crippen LogP contribution in [0.1, 0.15) is 40.5 Å². The van der Waals surface area contributed by atoms with Gasteiger partial charge < -0.3 is 5.11 Å². The minimum atomic E-state index is 0.0470. The van der Waals surface area contributed by atoms with Crippen molar-refractivity contribution in [3.8, 4) is 0 Å². The predicted octanol–water partition coefficient (Wildman–Crippen LogP) is 2.84. The average Bonchev–Trinajstić information content (AvgIpc) is 2.02. The van der Waals surface area contributed by atoms with Gasteiger partial charge in [-0.05, 0) is 13.3 Å². The zero-order chi connectivity index (χ0) is 9.72. The van der Waals surface area contributed by atoms with E-state index in [1.807, 2.05) is 20.8 Å². The van der Waals surface area contributed by atoms with Crippen LogP contribution in [-0.4, -0.2) is 10.9 Å². The monoisotopic (exact) mass is 170 g/mol. The number of ketones is 1.